The van der Waals surface area contributed by atoms with E-state index in [4.69, 9.17) is 14.2 Å². The standard InChI is InChI=1S/C20H21NO5/c1-24-16-6-4-15(5-7-16)21-20(23)10-8-17(22)14-3-9-18-19(13-14)26-12-2-11-25-18/h3-7,9,13H,2,8,10-12H2,1H3,(H,21,23). The zero-order valence-electron chi connectivity index (χ0n) is 14.6. The van der Waals surface area contributed by atoms with Crippen molar-refractivity contribution in [1.29, 1.82) is 0 Å². The molecule has 1 heterocycles. The topological polar surface area (TPSA) is 73.9 Å². The van der Waals surface area contributed by atoms with Crippen LogP contribution in [0.15, 0.2) is 42.5 Å². The Kier molecular flexibility index (Phi) is 5.73. The number of carbonyl (C=O) groups is 2. The highest BCUT2D eigenvalue weighted by Crippen LogP contribution is 2.30. The Hall–Kier alpha value is -3.02. The van der Waals surface area contributed by atoms with Gasteiger partial charge in [0.05, 0.1) is 20.3 Å². The maximum Gasteiger partial charge on any atom is 0.224 e. The van der Waals surface area contributed by atoms with Crippen LogP contribution in [0.4, 0.5) is 5.69 Å². The number of ketones is 1. The number of nitrogens with one attached hydrogen (secondary N) is 1. The molecule has 1 N–H and O–H groups in total. The van der Waals surface area contributed by atoms with Crippen molar-refractivity contribution in [3.8, 4) is 17.2 Å². The minimum atomic E-state index is -0.210. The van der Waals surface area contributed by atoms with Gasteiger partial charge in [-0.05, 0) is 42.5 Å². The molecule has 2 aromatic rings. The highest BCUT2D eigenvalue weighted by atomic mass is 16.5. The van der Waals surface area contributed by atoms with Crippen molar-refractivity contribution in [2.75, 3.05) is 25.6 Å². The van der Waals surface area contributed by atoms with E-state index in [0.29, 0.717) is 41.7 Å². The summed E-state index contributed by atoms with van der Waals surface area (Å²) in [6.07, 6.45) is 1.05. The maximum atomic E-state index is 12.4. The summed E-state index contributed by atoms with van der Waals surface area (Å²) in [5.74, 6) is 1.63. The molecular formula is C20H21NO5. The van der Waals surface area contributed by atoms with Crippen LogP contribution in [0.25, 0.3) is 0 Å². The summed E-state index contributed by atoms with van der Waals surface area (Å²) in [6, 6.07) is 12.2. The van der Waals surface area contributed by atoms with Crippen molar-refractivity contribution in [1.82, 2.24) is 0 Å². The van der Waals surface area contributed by atoms with Crippen molar-refractivity contribution < 1.29 is 23.8 Å². The number of hydrogen-bond acceptors (Lipinski definition) is 5. The third-order valence-electron chi connectivity index (χ3n) is 4.02. The number of carbonyl (C=O) groups excluding carboxylic acids is 2. The average molecular weight is 355 g/mol. The van der Waals surface area contributed by atoms with E-state index in [1.165, 1.54) is 0 Å². The smallest absolute Gasteiger partial charge is 0.224 e. The lowest BCUT2D eigenvalue weighted by Crippen LogP contribution is -2.13. The Morgan fingerprint density at radius 1 is 1.00 bits per heavy atom. The Morgan fingerprint density at radius 3 is 2.46 bits per heavy atom. The van der Waals surface area contributed by atoms with Crippen LogP contribution >= 0.6 is 0 Å². The highest BCUT2D eigenvalue weighted by Gasteiger charge is 2.15. The number of anilines is 1. The normalized spacial score (nSPS) is 12.8. The third kappa shape index (κ3) is 4.53. The first-order chi connectivity index (χ1) is 12.7. The molecule has 0 aliphatic carbocycles. The quantitative estimate of drug-likeness (QED) is 0.803. The highest BCUT2D eigenvalue weighted by molar-refractivity contribution is 6.00. The van der Waals surface area contributed by atoms with E-state index >= 15 is 0 Å². The number of Topliss-reactive ketones (excluding diaryl/α,β-unsaturated/α-hetero) is 1. The van der Waals surface area contributed by atoms with Gasteiger partial charge in [0, 0.05) is 30.5 Å². The third-order valence-corrected chi connectivity index (χ3v) is 4.02. The molecule has 0 fully saturated rings. The Labute approximate surface area is 152 Å². The maximum absolute atomic E-state index is 12.4. The zero-order valence-corrected chi connectivity index (χ0v) is 14.6. The SMILES string of the molecule is COc1ccc(NC(=O)CCC(=O)c2ccc3c(c2)OCCCO3)cc1. The molecule has 0 aromatic heterocycles. The molecule has 136 valence electrons. The van der Waals surface area contributed by atoms with Gasteiger partial charge in [-0.2, -0.15) is 0 Å². The molecule has 0 spiro atoms. The van der Waals surface area contributed by atoms with Gasteiger partial charge < -0.3 is 19.5 Å². The van der Waals surface area contributed by atoms with E-state index in [1.54, 1.807) is 49.6 Å². The van der Waals surface area contributed by atoms with Gasteiger partial charge in [0.2, 0.25) is 5.91 Å². The predicted molar refractivity (Wildman–Crippen MR) is 97.2 cm³/mol. The van der Waals surface area contributed by atoms with Gasteiger partial charge in [-0.1, -0.05) is 0 Å². The summed E-state index contributed by atoms with van der Waals surface area (Å²) < 4.78 is 16.2. The molecule has 0 atom stereocenters. The number of fused-ring (bicyclic) bond motifs is 1. The fraction of sp³-hybridized carbons (Fsp3) is 0.300. The van der Waals surface area contributed by atoms with Crippen molar-refractivity contribution in [3.63, 3.8) is 0 Å². The summed E-state index contributed by atoms with van der Waals surface area (Å²) in [5.41, 5.74) is 1.19. The Morgan fingerprint density at radius 2 is 1.73 bits per heavy atom. The van der Waals surface area contributed by atoms with Gasteiger partial charge in [-0.3, -0.25) is 9.59 Å². The first-order valence-electron chi connectivity index (χ1n) is 8.52. The van der Waals surface area contributed by atoms with Crippen molar-refractivity contribution in [3.05, 3.63) is 48.0 Å². The lowest BCUT2D eigenvalue weighted by Gasteiger charge is -2.09. The summed E-state index contributed by atoms with van der Waals surface area (Å²) in [5, 5.41) is 2.77. The molecule has 6 nitrogen and oxygen atoms in total. The largest absolute Gasteiger partial charge is 0.497 e. The van der Waals surface area contributed by atoms with E-state index < -0.39 is 0 Å². The van der Waals surface area contributed by atoms with Crippen LogP contribution in [0.5, 0.6) is 17.2 Å². The minimum absolute atomic E-state index is 0.106. The number of rotatable bonds is 6. The Bertz CT molecular complexity index is 785. The van der Waals surface area contributed by atoms with Crippen molar-refractivity contribution in [2.45, 2.75) is 19.3 Å². The fourth-order valence-electron chi connectivity index (χ4n) is 2.61. The second-order valence-electron chi connectivity index (χ2n) is 5.91. The first-order valence-corrected chi connectivity index (χ1v) is 8.52. The predicted octanol–water partition coefficient (Wildman–Crippen LogP) is 3.46. The molecule has 0 unspecified atom stereocenters. The summed E-state index contributed by atoms with van der Waals surface area (Å²) in [4.78, 5) is 24.4. The van der Waals surface area contributed by atoms with E-state index in [0.717, 1.165) is 6.42 Å². The van der Waals surface area contributed by atoms with E-state index in [-0.39, 0.29) is 24.5 Å². The molecule has 6 heteroatoms. The van der Waals surface area contributed by atoms with Crippen LogP contribution in [-0.4, -0.2) is 32.0 Å². The fourth-order valence-corrected chi connectivity index (χ4v) is 2.61. The monoisotopic (exact) mass is 355 g/mol. The molecular weight excluding hydrogens is 334 g/mol. The molecule has 0 radical (unpaired) electrons. The number of amides is 1. The van der Waals surface area contributed by atoms with Crippen LogP contribution < -0.4 is 19.5 Å². The van der Waals surface area contributed by atoms with Crippen LogP contribution in [0.2, 0.25) is 0 Å². The lowest BCUT2D eigenvalue weighted by molar-refractivity contribution is -0.116. The molecule has 1 aliphatic heterocycles. The Balaban J connectivity index is 1.54. The molecule has 0 bridgehead atoms. The van der Waals surface area contributed by atoms with Crippen molar-refractivity contribution >= 4 is 17.4 Å². The van der Waals surface area contributed by atoms with E-state index in [1.807, 2.05) is 0 Å². The number of methoxy groups -OCH3 is 1. The molecule has 0 saturated carbocycles. The first kappa shape index (κ1) is 17.8. The van der Waals surface area contributed by atoms with E-state index in [9.17, 15) is 9.59 Å². The summed E-state index contributed by atoms with van der Waals surface area (Å²) in [6.45, 7) is 1.17. The number of benzene rings is 2. The molecule has 1 amide bonds. The number of ether oxygens (including phenoxy) is 3. The van der Waals surface area contributed by atoms with Gasteiger partial charge in [0.15, 0.2) is 17.3 Å². The van der Waals surface area contributed by atoms with Crippen LogP contribution in [-0.2, 0) is 4.79 Å². The summed E-state index contributed by atoms with van der Waals surface area (Å²) in [7, 11) is 1.58. The van der Waals surface area contributed by atoms with Crippen LogP contribution in [0.3, 0.4) is 0 Å². The number of hydrogen-bond donors (Lipinski definition) is 1. The van der Waals surface area contributed by atoms with Gasteiger partial charge in [0.1, 0.15) is 5.75 Å². The summed E-state index contributed by atoms with van der Waals surface area (Å²) >= 11 is 0. The second-order valence-corrected chi connectivity index (χ2v) is 5.91. The van der Waals surface area contributed by atoms with Crippen LogP contribution in [0, 0.1) is 0 Å². The molecule has 3 rings (SSSR count). The average Bonchev–Trinajstić information content (AvgIpc) is 2.91. The molecule has 1 aliphatic rings. The van der Waals surface area contributed by atoms with Crippen molar-refractivity contribution in [2.24, 2.45) is 0 Å². The van der Waals surface area contributed by atoms with Crippen LogP contribution in [0.1, 0.15) is 29.6 Å². The van der Waals surface area contributed by atoms with Gasteiger partial charge in [-0.15, -0.1) is 0 Å². The zero-order chi connectivity index (χ0) is 18.4. The lowest BCUT2D eigenvalue weighted by atomic mass is 10.1. The van der Waals surface area contributed by atoms with Gasteiger partial charge in [0.25, 0.3) is 0 Å². The molecule has 26 heavy (non-hydrogen) atoms. The molecule has 0 saturated heterocycles. The second kappa shape index (κ2) is 8.38. The van der Waals surface area contributed by atoms with Gasteiger partial charge in [-0.25, -0.2) is 0 Å². The van der Waals surface area contributed by atoms with E-state index in [2.05, 4.69) is 5.32 Å². The molecule has 2 aromatic carbocycles. The van der Waals surface area contributed by atoms with Gasteiger partial charge >= 0.3 is 0 Å². The minimum Gasteiger partial charge on any atom is -0.497 e.